The van der Waals surface area contributed by atoms with E-state index < -0.39 is 0 Å². The molecule has 132 valence electrons. The zero-order valence-corrected chi connectivity index (χ0v) is 14.8. The molecule has 0 radical (unpaired) electrons. The molecular weight excluding hydrogens is 316 g/mol. The molecule has 1 amide bonds. The molecule has 2 aliphatic heterocycles. The second-order valence-electron chi connectivity index (χ2n) is 6.69. The maximum Gasteiger partial charge on any atom is 0.226 e. The molecule has 1 saturated heterocycles. The lowest BCUT2D eigenvalue weighted by atomic mass is 9.87. The molecule has 25 heavy (non-hydrogen) atoms. The summed E-state index contributed by atoms with van der Waals surface area (Å²) in [6, 6.07) is 6.35. The molecule has 1 N–H and O–H groups in total. The average molecular weight is 340 g/mol. The number of benzene rings is 1. The van der Waals surface area contributed by atoms with E-state index in [0.717, 1.165) is 48.0 Å². The van der Waals surface area contributed by atoms with Crippen molar-refractivity contribution in [3.05, 3.63) is 35.5 Å². The SMILES string of the molecule is CCn1ncc2c1NC(=O)CC2c1ccc(N2CCCC2)c(OC)c1. The topological polar surface area (TPSA) is 59.4 Å². The van der Waals surface area contributed by atoms with Crippen LogP contribution in [0.2, 0.25) is 0 Å². The minimum atomic E-state index is 0.0191. The average Bonchev–Trinajstić information content (AvgIpc) is 3.30. The van der Waals surface area contributed by atoms with Crippen molar-refractivity contribution in [1.29, 1.82) is 0 Å². The molecule has 3 heterocycles. The van der Waals surface area contributed by atoms with Crippen LogP contribution in [-0.4, -0.2) is 35.9 Å². The Morgan fingerprint density at radius 3 is 2.84 bits per heavy atom. The van der Waals surface area contributed by atoms with E-state index in [0.29, 0.717) is 6.42 Å². The van der Waals surface area contributed by atoms with Crippen molar-refractivity contribution in [1.82, 2.24) is 9.78 Å². The Bertz CT molecular complexity index is 793. The van der Waals surface area contributed by atoms with Crippen LogP contribution in [0.25, 0.3) is 0 Å². The van der Waals surface area contributed by atoms with Crippen LogP contribution < -0.4 is 15.0 Å². The van der Waals surface area contributed by atoms with Gasteiger partial charge in [0.1, 0.15) is 11.6 Å². The van der Waals surface area contributed by atoms with E-state index in [9.17, 15) is 4.79 Å². The number of aromatic nitrogens is 2. The van der Waals surface area contributed by atoms with E-state index in [1.165, 1.54) is 12.8 Å². The number of aryl methyl sites for hydroxylation is 1. The number of hydrogen-bond donors (Lipinski definition) is 1. The summed E-state index contributed by atoms with van der Waals surface area (Å²) < 4.78 is 7.51. The van der Waals surface area contributed by atoms with E-state index in [2.05, 4.69) is 33.5 Å². The van der Waals surface area contributed by atoms with Crippen LogP contribution in [0, 0.1) is 0 Å². The third kappa shape index (κ3) is 2.75. The summed E-state index contributed by atoms with van der Waals surface area (Å²) in [7, 11) is 1.72. The fourth-order valence-electron chi connectivity index (χ4n) is 3.94. The van der Waals surface area contributed by atoms with Crippen LogP contribution in [0.3, 0.4) is 0 Å². The van der Waals surface area contributed by atoms with Gasteiger partial charge >= 0.3 is 0 Å². The molecule has 1 unspecified atom stereocenters. The normalized spacial score (nSPS) is 19.7. The number of ether oxygens (including phenoxy) is 1. The van der Waals surface area contributed by atoms with Crippen LogP contribution in [-0.2, 0) is 11.3 Å². The number of amides is 1. The van der Waals surface area contributed by atoms with Gasteiger partial charge in [-0.05, 0) is 37.5 Å². The summed E-state index contributed by atoms with van der Waals surface area (Å²) in [5.74, 6) is 1.77. The van der Waals surface area contributed by atoms with Crippen molar-refractivity contribution >= 4 is 17.4 Å². The lowest BCUT2D eigenvalue weighted by Crippen LogP contribution is -2.25. The number of carbonyl (C=O) groups excluding carboxylic acids is 1. The molecule has 1 aromatic carbocycles. The number of anilines is 2. The van der Waals surface area contributed by atoms with Gasteiger partial charge in [-0.2, -0.15) is 5.10 Å². The molecule has 0 saturated carbocycles. The van der Waals surface area contributed by atoms with Crippen LogP contribution in [0.4, 0.5) is 11.5 Å². The highest BCUT2D eigenvalue weighted by Crippen LogP contribution is 2.40. The van der Waals surface area contributed by atoms with Crippen molar-refractivity contribution in [3.8, 4) is 5.75 Å². The smallest absolute Gasteiger partial charge is 0.226 e. The van der Waals surface area contributed by atoms with Crippen molar-refractivity contribution in [2.75, 3.05) is 30.4 Å². The number of nitrogens with zero attached hydrogens (tertiary/aromatic N) is 3. The first-order valence-electron chi connectivity index (χ1n) is 8.99. The fraction of sp³-hybridized carbons (Fsp3) is 0.474. The van der Waals surface area contributed by atoms with E-state index >= 15 is 0 Å². The number of carbonyl (C=O) groups is 1. The predicted molar refractivity (Wildman–Crippen MR) is 97.4 cm³/mol. The zero-order chi connectivity index (χ0) is 17.4. The maximum absolute atomic E-state index is 12.2. The van der Waals surface area contributed by atoms with E-state index in [1.54, 1.807) is 7.11 Å². The third-order valence-electron chi connectivity index (χ3n) is 5.24. The van der Waals surface area contributed by atoms with Gasteiger partial charge in [-0.15, -0.1) is 0 Å². The molecule has 1 aromatic heterocycles. The Balaban J connectivity index is 1.72. The lowest BCUT2D eigenvalue weighted by molar-refractivity contribution is -0.116. The predicted octanol–water partition coefficient (Wildman–Crippen LogP) is 2.99. The molecule has 2 aliphatic rings. The van der Waals surface area contributed by atoms with Crippen LogP contribution in [0.15, 0.2) is 24.4 Å². The Kier molecular flexibility index (Phi) is 4.11. The molecule has 4 rings (SSSR count). The molecule has 6 nitrogen and oxygen atoms in total. The summed E-state index contributed by atoms with van der Waals surface area (Å²) in [5.41, 5.74) is 3.33. The molecule has 0 bridgehead atoms. The molecule has 1 fully saturated rings. The van der Waals surface area contributed by atoms with Gasteiger partial charge in [-0.25, -0.2) is 4.68 Å². The zero-order valence-electron chi connectivity index (χ0n) is 14.8. The first-order valence-corrected chi connectivity index (χ1v) is 8.99. The van der Waals surface area contributed by atoms with Gasteiger partial charge in [0, 0.05) is 37.5 Å². The minimum Gasteiger partial charge on any atom is -0.495 e. The number of methoxy groups -OCH3 is 1. The van der Waals surface area contributed by atoms with Gasteiger partial charge in [-0.1, -0.05) is 6.07 Å². The standard InChI is InChI=1S/C19H24N4O2/c1-3-23-19-15(12-20-23)14(11-18(24)21-19)13-6-7-16(17(10-13)25-2)22-8-4-5-9-22/h6-7,10,12,14H,3-5,8-9,11H2,1-2H3,(H,21,24). The summed E-state index contributed by atoms with van der Waals surface area (Å²) >= 11 is 0. The molecule has 0 spiro atoms. The van der Waals surface area contributed by atoms with Crippen molar-refractivity contribution in [2.24, 2.45) is 0 Å². The molecule has 6 heteroatoms. The van der Waals surface area contributed by atoms with Gasteiger partial charge in [0.25, 0.3) is 0 Å². The van der Waals surface area contributed by atoms with Gasteiger partial charge in [-0.3, -0.25) is 4.79 Å². The number of hydrogen-bond acceptors (Lipinski definition) is 4. The van der Waals surface area contributed by atoms with Gasteiger partial charge in [0.05, 0.1) is 19.0 Å². The second-order valence-corrected chi connectivity index (χ2v) is 6.69. The maximum atomic E-state index is 12.2. The molecule has 0 aliphatic carbocycles. The summed E-state index contributed by atoms with van der Waals surface area (Å²) in [6.45, 7) is 4.92. The number of nitrogens with one attached hydrogen (secondary N) is 1. The van der Waals surface area contributed by atoms with Gasteiger partial charge in [0.2, 0.25) is 5.91 Å². The highest BCUT2D eigenvalue weighted by Gasteiger charge is 2.30. The van der Waals surface area contributed by atoms with E-state index in [1.807, 2.05) is 17.8 Å². The Morgan fingerprint density at radius 2 is 2.12 bits per heavy atom. The molecule has 1 atom stereocenters. The van der Waals surface area contributed by atoms with Crippen molar-refractivity contribution in [3.63, 3.8) is 0 Å². The van der Waals surface area contributed by atoms with Crippen molar-refractivity contribution in [2.45, 2.75) is 38.6 Å². The summed E-state index contributed by atoms with van der Waals surface area (Å²) in [4.78, 5) is 14.6. The monoisotopic (exact) mass is 340 g/mol. The van der Waals surface area contributed by atoms with Crippen LogP contribution >= 0.6 is 0 Å². The van der Waals surface area contributed by atoms with Gasteiger partial charge < -0.3 is 15.0 Å². The minimum absolute atomic E-state index is 0.0191. The number of fused-ring (bicyclic) bond motifs is 1. The van der Waals surface area contributed by atoms with Crippen LogP contribution in [0.1, 0.15) is 43.2 Å². The first kappa shape index (κ1) is 16.0. The van der Waals surface area contributed by atoms with Crippen LogP contribution in [0.5, 0.6) is 5.75 Å². The largest absolute Gasteiger partial charge is 0.495 e. The highest BCUT2D eigenvalue weighted by atomic mass is 16.5. The molecular formula is C19H24N4O2. The Labute approximate surface area is 147 Å². The lowest BCUT2D eigenvalue weighted by Gasteiger charge is -2.26. The first-order chi connectivity index (χ1) is 12.2. The van der Waals surface area contributed by atoms with Crippen molar-refractivity contribution < 1.29 is 9.53 Å². The summed E-state index contributed by atoms with van der Waals surface area (Å²) in [5, 5.41) is 7.38. The van der Waals surface area contributed by atoms with Gasteiger partial charge in [0.15, 0.2) is 0 Å². The van der Waals surface area contributed by atoms with E-state index in [-0.39, 0.29) is 11.8 Å². The third-order valence-corrected chi connectivity index (χ3v) is 5.24. The highest BCUT2D eigenvalue weighted by molar-refractivity contribution is 5.94. The second kappa shape index (κ2) is 6.43. The molecule has 2 aromatic rings. The summed E-state index contributed by atoms with van der Waals surface area (Å²) in [6.07, 6.45) is 4.78. The Morgan fingerprint density at radius 1 is 1.32 bits per heavy atom. The quantitative estimate of drug-likeness (QED) is 0.929. The number of rotatable bonds is 4. The fourth-order valence-corrected chi connectivity index (χ4v) is 3.94. The van der Waals surface area contributed by atoms with E-state index in [4.69, 9.17) is 4.74 Å². The Hall–Kier alpha value is -2.50.